The zero-order valence-corrected chi connectivity index (χ0v) is 19.9. The van der Waals surface area contributed by atoms with E-state index in [0.29, 0.717) is 0 Å². The quantitative estimate of drug-likeness (QED) is 0.153. The fourth-order valence-electron chi connectivity index (χ4n) is 2.38. The number of hydrogen-bond acceptors (Lipinski definition) is 10. The number of hydrogen-bond donors (Lipinski definition) is 4. The number of ether oxygens (including phenoxy) is 1. The maximum absolute atomic E-state index is 12.7. The van der Waals surface area contributed by atoms with Gasteiger partial charge in [0.05, 0.1) is 17.5 Å². The van der Waals surface area contributed by atoms with Crippen molar-refractivity contribution in [2.24, 2.45) is 11.8 Å². The fourth-order valence-corrected chi connectivity index (χ4v) is 2.77. The normalized spacial score (nSPS) is 15.0. The number of esters is 1. The molecule has 0 aromatic carbocycles. The highest BCUT2D eigenvalue weighted by atomic mass is 32.1. The van der Waals surface area contributed by atoms with Crippen molar-refractivity contribution in [3.05, 3.63) is 0 Å². The minimum absolute atomic E-state index is 0.0347. The van der Waals surface area contributed by atoms with E-state index in [-0.39, 0.29) is 34.9 Å². The number of rotatable bonds is 12. The molecule has 10 heteroatoms. The van der Waals surface area contributed by atoms with Crippen molar-refractivity contribution in [1.82, 2.24) is 10.8 Å². The number of thiol groups is 2. The Morgan fingerprint density at radius 2 is 1.28 bits per heavy atom. The van der Waals surface area contributed by atoms with Gasteiger partial charge < -0.3 is 9.57 Å². The first kappa shape index (κ1) is 27.9. The summed E-state index contributed by atoms with van der Waals surface area (Å²) in [5, 5.41) is 2.74. The molecular formula is C19H34N2O6S2. The van der Waals surface area contributed by atoms with E-state index in [1.54, 1.807) is 48.5 Å². The maximum atomic E-state index is 12.7. The van der Waals surface area contributed by atoms with E-state index >= 15 is 0 Å². The van der Waals surface area contributed by atoms with E-state index in [9.17, 15) is 19.2 Å². The molecule has 0 heterocycles. The monoisotopic (exact) mass is 450 g/mol. The first-order valence-electron chi connectivity index (χ1n) is 9.47. The van der Waals surface area contributed by atoms with Gasteiger partial charge >= 0.3 is 11.9 Å². The van der Waals surface area contributed by atoms with Crippen molar-refractivity contribution < 1.29 is 28.8 Å². The van der Waals surface area contributed by atoms with Crippen molar-refractivity contribution in [3.8, 4) is 0 Å². The highest BCUT2D eigenvalue weighted by Gasteiger charge is 2.37. The standard InChI is InChI=1S/C19H34N2O6S2/c1-10(2)14(12(22)8-28)20-16(17(24)26-19(5,6)7)18(25)27-21-15(11(3)4)13(23)9-29/h10-11,14-16,20-21,28-29H,8-9H2,1-7H3. The number of nitrogens with one attached hydrogen (secondary N) is 2. The molecule has 8 nitrogen and oxygen atoms in total. The van der Waals surface area contributed by atoms with E-state index in [4.69, 9.17) is 9.57 Å². The van der Waals surface area contributed by atoms with Crippen LogP contribution in [0.3, 0.4) is 0 Å². The smallest absolute Gasteiger partial charge is 0.353 e. The lowest BCUT2D eigenvalue weighted by molar-refractivity contribution is -0.170. The Hall–Kier alpha value is -1.10. The predicted octanol–water partition coefficient (Wildman–Crippen LogP) is 1.38. The number of hydroxylamine groups is 1. The Bertz CT molecular complexity index is 590. The molecule has 0 rings (SSSR count). The van der Waals surface area contributed by atoms with Gasteiger partial charge in [-0.25, -0.2) is 9.59 Å². The third kappa shape index (κ3) is 9.97. The second-order valence-electron chi connectivity index (χ2n) is 8.36. The van der Waals surface area contributed by atoms with Crippen LogP contribution in [0, 0.1) is 11.8 Å². The summed E-state index contributed by atoms with van der Waals surface area (Å²) < 4.78 is 5.30. The van der Waals surface area contributed by atoms with Gasteiger partial charge in [-0.3, -0.25) is 14.9 Å². The Balaban J connectivity index is 5.56. The summed E-state index contributed by atoms with van der Waals surface area (Å²) in [5.41, 5.74) is 1.56. The SMILES string of the molecule is CC(C)C(NOC(=O)C(NC(C(=O)CS)C(C)C)C(=O)OC(C)(C)C)C(=O)CS. The largest absolute Gasteiger partial charge is 0.458 e. The molecule has 0 aliphatic rings. The number of Topliss-reactive ketones (excluding diaryl/α,β-unsaturated/α-hetero) is 2. The molecule has 0 aliphatic heterocycles. The molecule has 0 saturated carbocycles. The van der Waals surface area contributed by atoms with Crippen LogP contribution in [0.5, 0.6) is 0 Å². The van der Waals surface area contributed by atoms with E-state index in [1.165, 1.54) is 0 Å². The van der Waals surface area contributed by atoms with Crippen LogP contribution in [0.1, 0.15) is 48.5 Å². The van der Waals surface area contributed by atoms with Crippen molar-refractivity contribution in [2.75, 3.05) is 11.5 Å². The van der Waals surface area contributed by atoms with Crippen LogP contribution in [-0.2, 0) is 28.8 Å². The van der Waals surface area contributed by atoms with Crippen LogP contribution in [0.4, 0.5) is 0 Å². The first-order valence-corrected chi connectivity index (χ1v) is 10.7. The van der Waals surface area contributed by atoms with Crippen LogP contribution in [0.25, 0.3) is 0 Å². The van der Waals surface area contributed by atoms with Gasteiger partial charge in [0.1, 0.15) is 11.6 Å². The molecular weight excluding hydrogens is 416 g/mol. The average molecular weight is 451 g/mol. The average Bonchev–Trinajstić information content (AvgIpc) is 2.59. The Morgan fingerprint density at radius 3 is 1.66 bits per heavy atom. The molecule has 168 valence electrons. The van der Waals surface area contributed by atoms with Gasteiger partial charge in [0, 0.05) is 0 Å². The predicted molar refractivity (Wildman–Crippen MR) is 117 cm³/mol. The van der Waals surface area contributed by atoms with Gasteiger partial charge in [0.2, 0.25) is 6.04 Å². The topological polar surface area (TPSA) is 111 Å². The second kappa shape index (κ2) is 12.6. The zero-order valence-electron chi connectivity index (χ0n) is 18.1. The van der Waals surface area contributed by atoms with Crippen LogP contribution in [0.2, 0.25) is 0 Å². The molecule has 0 fully saturated rings. The van der Waals surface area contributed by atoms with Gasteiger partial charge in [-0.05, 0) is 32.6 Å². The number of carbonyl (C=O) groups excluding carboxylic acids is 4. The van der Waals surface area contributed by atoms with Crippen LogP contribution in [0.15, 0.2) is 0 Å². The molecule has 0 aromatic rings. The molecule has 3 atom stereocenters. The molecule has 0 aromatic heterocycles. The van der Waals surface area contributed by atoms with Crippen LogP contribution >= 0.6 is 25.3 Å². The van der Waals surface area contributed by atoms with Gasteiger partial charge in [0.25, 0.3) is 0 Å². The van der Waals surface area contributed by atoms with Gasteiger partial charge in [-0.1, -0.05) is 27.7 Å². The summed E-state index contributed by atoms with van der Waals surface area (Å²) in [5.74, 6) is -2.91. The van der Waals surface area contributed by atoms with Crippen molar-refractivity contribution in [3.63, 3.8) is 0 Å². The summed E-state index contributed by atoms with van der Waals surface area (Å²) in [7, 11) is 0. The van der Waals surface area contributed by atoms with Crippen LogP contribution in [-0.4, -0.2) is 58.7 Å². The molecule has 2 N–H and O–H groups in total. The molecule has 0 spiro atoms. The second-order valence-corrected chi connectivity index (χ2v) is 9.00. The lowest BCUT2D eigenvalue weighted by Crippen LogP contribution is -2.56. The van der Waals surface area contributed by atoms with Gasteiger partial charge in [-0.2, -0.15) is 25.3 Å². The van der Waals surface area contributed by atoms with E-state index < -0.39 is 35.7 Å². The number of carbonyl (C=O) groups is 4. The van der Waals surface area contributed by atoms with Crippen molar-refractivity contribution >= 4 is 48.8 Å². The molecule has 29 heavy (non-hydrogen) atoms. The molecule has 0 bridgehead atoms. The molecule has 3 unspecified atom stereocenters. The summed E-state index contributed by atoms with van der Waals surface area (Å²) in [6.07, 6.45) is 0. The zero-order chi connectivity index (χ0) is 22.9. The lowest BCUT2D eigenvalue weighted by atomic mass is 9.99. The highest BCUT2D eigenvalue weighted by molar-refractivity contribution is 7.81. The third-order valence-electron chi connectivity index (χ3n) is 3.85. The summed E-state index contributed by atoms with van der Waals surface area (Å²) in [4.78, 5) is 54.5. The van der Waals surface area contributed by atoms with Crippen molar-refractivity contribution in [1.29, 1.82) is 0 Å². The highest BCUT2D eigenvalue weighted by Crippen LogP contribution is 2.12. The fraction of sp³-hybridized carbons (Fsp3) is 0.789. The summed E-state index contributed by atoms with van der Waals surface area (Å²) in [6.45, 7) is 12.1. The summed E-state index contributed by atoms with van der Waals surface area (Å²) >= 11 is 7.94. The first-order chi connectivity index (χ1) is 13.2. The lowest BCUT2D eigenvalue weighted by Gasteiger charge is -2.28. The molecule has 0 amide bonds. The maximum Gasteiger partial charge on any atom is 0.353 e. The summed E-state index contributed by atoms with van der Waals surface area (Å²) in [6, 6.07) is -3.15. The Labute approximate surface area is 184 Å². The van der Waals surface area contributed by atoms with Gasteiger partial charge in [0.15, 0.2) is 11.6 Å². The van der Waals surface area contributed by atoms with E-state index in [1.807, 2.05) is 0 Å². The van der Waals surface area contributed by atoms with E-state index in [2.05, 4.69) is 36.1 Å². The molecule has 0 radical (unpaired) electrons. The molecule has 0 saturated heterocycles. The van der Waals surface area contributed by atoms with Crippen molar-refractivity contribution in [2.45, 2.75) is 72.2 Å². The third-order valence-corrected chi connectivity index (χ3v) is 4.47. The van der Waals surface area contributed by atoms with E-state index in [0.717, 1.165) is 0 Å². The number of ketones is 2. The van der Waals surface area contributed by atoms with Gasteiger partial charge in [-0.15, -0.1) is 5.48 Å². The minimum atomic E-state index is -1.56. The Kier molecular flexibility index (Phi) is 12.1. The van der Waals surface area contributed by atoms with Crippen LogP contribution < -0.4 is 10.8 Å². The molecule has 0 aliphatic carbocycles. The Morgan fingerprint density at radius 1 is 0.828 bits per heavy atom. The minimum Gasteiger partial charge on any atom is -0.458 e.